The number of ether oxygens (including phenoxy) is 1. The summed E-state index contributed by atoms with van der Waals surface area (Å²) in [4.78, 5) is 24.5. The summed E-state index contributed by atoms with van der Waals surface area (Å²) in [6, 6.07) is 12.5. The molecule has 0 N–H and O–H groups in total. The predicted octanol–water partition coefficient (Wildman–Crippen LogP) is 4.00. The first kappa shape index (κ1) is 18.8. The molecule has 3 aromatic rings. The molecule has 0 amide bonds. The summed E-state index contributed by atoms with van der Waals surface area (Å²) in [5, 5.41) is 8.06. The van der Waals surface area contributed by atoms with E-state index < -0.39 is 5.97 Å². The topological polar surface area (TPSA) is 74.1 Å². The van der Waals surface area contributed by atoms with Crippen LogP contribution in [0.1, 0.15) is 59.4 Å². The van der Waals surface area contributed by atoms with E-state index in [-0.39, 0.29) is 12.4 Å². The number of esters is 1. The van der Waals surface area contributed by atoms with E-state index in [1.54, 1.807) is 35.0 Å². The van der Waals surface area contributed by atoms with E-state index in [1.165, 1.54) is 5.56 Å². The zero-order chi connectivity index (χ0) is 19.4. The van der Waals surface area contributed by atoms with Gasteiger partial charge in [0.15, 0.2) is 12.4 Å². The first-order chi connectivity index (χ1) is 13.0. The molecule has 3 rings (SSSR count). The Morgan fingerprint density at radius 1 is 1.07 bits per heavy atom. The number of carbonyl (C=O) groups excluding carboxylic acids is 2. The van der Waals surface area contributed by atoms with Crippen LogP contribution in [0.15, 0.2) is 42.5 Å². The van der Waals surface area contributed by atoms with Crippen LogP contribution in [0.4, 0.5) is 0 Å². The molecule has 2 aromatic carbocycles. The molecular formula is C21H23N3O3. The van der Waals surface area contributed by atoms with Crippen molar-refractivity contribution in [1.82, 2.24) is 15.0 Å². The number of fused-ring (bicyclic) bond motifs is 1. The van der Waals surface area contributed by atoms with Gasteiger partial charge in [-0.1, -0.05) is 43.3 Å². The van der Waals surface area contributed by atoms with Gasteiger partial charge in [0.1, 0.15) is 5.52 Å². The SMILES string of the molecule is CC[C@H](C)c1ccc(C(=O)COC(=O)c2ccc3c(c2)nnn3CC)cc1. The lowest BCUT2D eigenvalue weighted by atomic mass is 9.97. The molecule has 0 unspecified atom stereocenters. The number of aromatic nitrogens is 3. The maximum absolute atomic E-state index is 12.3. The highest BCUT2D eigenvalue weighted by atomic mass is 16.5. The van der Waals surface area contributed by atoms with Gasteiger partial charge < -0.3 is 4.74 Å². The summed E-state index contributed by atoms with van der Waals surface area (Å²) in [5.41, 5.74) is 3.56. The number of carbonyl (C=O) groups is 2. The lowest BCUT2D eigenvalue weighted by Gasteiger charge is -2.09. The Morgan fingerprint density at radius 2 is 1.78 bits per heavy atom. The van der Waals surface area contributed by atoms with Crippen molar-refractivity contribution in [2.45, 2.75) is 39.7 Å². The van der Waals surface area contributed by atoms with Gasteiger partial charge in [-0.15, -0.1) is 5.10 Å². The molecule has 0 bridgehead atoms. The molecule has 27 heavy (non-hydrogen) atoms. The fourth-order valence-electron chi connectivity index (χ4n) is 2.86. The highest BCUT2D eigenvalue weighted by Crippen LogP contribution is 2.19. The van der Waals surface area contributed by atoms with E-state index in [9.17, 15) is 9.59 Å². The third-order valence-corrected chi connectivity index (χ3v) is 4.80. The predicted molar refractivity (Wildman–Crippen MR) is 103 cm³/mol. The summed E-state index contributed by atoms with van der Waals surface area (Å²) in [6.45, 7) is 6.65. The van der Waals surface area contributed by atoms with Gasteiger partial charge in [0, 0.05) is 12.1 Å². The first-order valence-corrected chi connectivity index (χ1v) is 9.17. The molecule has 0 fully saturated rings. The average molecular weight is 365 g/mol. The Bertz CT molecular complexity index is 960. The Labute approximate surface area is 158 Å². The number of rotatable bonds is 7. The molecule has 6 heteroatoms. The summed E-state index contributed by atoms with van der Waals surface area (Å²) >= 11 is 0. The summed E-state index contributed by atoms with van der Waals surface area (Å²) in [7, 11) is 0. The Kier molecular flexibility index (Phi) is 5.64. The molecule has 140 valence electrons. The van der Waals surface area contributed by atoms with Gasteiger partial charge in [0.25, 0.3) is 0 Å². The molecule has 0 aliphatic heterocycles. The molecular weight excluding hydrogens is 342 g/mol. The minimum absolute atomic E-state index is 0.225. The van der Waals surface area contributed by atoms with Gasteiger partial charge >= 0.3 is 5.97 Å². The van der Waals surface area contributed by atoms with E-state index in [0.29, 0.717) is 29.1 Å². The van der Waals surface area contributed by atoms with Crippen LogP contribution in [0.25, 0.3) is 11.0 Å². The van der Waals surface area contributed by atoms with Crippen molar-refractivity contribution in [2.75, 3.05) is 6.61 Å². The summed E-state index contributed by atoms with van der Waals surface area (Å²) in [6.07, 6.45) is 1.04. The van der Waals surface area contributed by atoms with Crippen LogP contribution in [0.2, 0.25) is 0 Å². The standard InChI is InChI=1S/C21H23N3O3/c1-4-14(3)15-6-8-16(9-7-15)20(25)13-27-21(26)17-10-11-19-18(12-17)22-23-24(19)5-2/h6-12,14H,4-5,13H2,1-3H3/t14-/m0/s1. The Balaban J connectivity index is 1.63. The number of hydrogen-bond acceptors (Lipinski definition) is 5. The quantitative estimate of drug-likeness (QED) is 0.467. The van der Waals surface area contributed by atoms with Gasteiger partial charge in [-0.2, -0.15) is 0 Å². The lowest BCUT2D eigenvalue weighted by molar-refractivity contribution is 0.0475. The van der Waals surface area contributed by atoms with Crippen LogP contribution in [0.5, 0.6) is 0 Å². The molecule has 0 aliphatic rings. The van der Waals surface area contributed by atoms with Gasteiger partial charge in [-0.05, 0) is 43.0 Å². The summed E-state index contributed by atoms with van der Waals surface area (Å²) in [5.74, 6) is -0.322. The smallest absolute Gasteiger partial charge is 0.338 e. The summed E-state index contributed by atoms with van der Waals surface area (Å²) < 4.78 is 6.93. The third kappa shape index (κ3) is 4.05. The van der Waals surface area contributed by atoms with Crippen LogP contribution in [-0.4, -0.2) is 33.4 Å². The second-order valence-corrected chi connectivity index (χ2v) is 6.54. The molecule has 0 aliphatic carbocycles. The highest BCUT2D eigenvalue weighted by Gasteiger charge is 2.14. The van der Waals surface area contributed by atoms with Gasteiger partial charge in [-0.25, -0.2) is 9.48 Å². The van der Waals surface area contributed by atoms with Crippen molar-refractivity contribution in [3.05, 3.63) is 59.2 Å². The average Bonchev–Trinajstić information content (AvgIpc) is 3.13. The van der Waals surface area contributed by atoms with Crippen LogP contribution in [0, 0.1) is 0 Å². The van der Waals surface area contributed by atoms with Crippen LogP contribution in [-0.2, 0) is 11.3 Å². The van der Waals surface area contributed by atoms with Crippen LogP contribution >= 0.6 is 0 Å². The number of hydrogen-bond donors (Lipinski definition) is 0. The number of nitrogens with zero attached hydrogens (tertiary/aromatic N) is 3. The lowest BCUT2D eigenvalue weighted by Crippen LogP contribution is -2.14. The highest BCUT2D eigenvalue weighted by molar-refractivity contribution is 6.00. The minimum Gasteiger partial charge on any atom is -0.454 e. The van der Waals surface area contributed by atoms with Gasteiger partial charge in [0.05, 0.1) is 11.1 Å². The van der Waals surface area contributed by atoms with E-state index in [4.69, 9.17) is 4.74 Å². The van der Waals surface area contributed by atoms with Crippen LogP contribution < -0.4 is 0 Å². The zero-order valence-electron chi connectivity index (χ0n) is 15.8. The fourth-order valence-corrected chi connectivity index (χ4v) is 2.86. The molecule has 6 nitrogen and oxygen atoms in total. The van der Waals surface area contributed by atoms with Crippen molar-refractivity contribution in [1.29, 1.82) is 0 Å². The zero-order valence-corrected chi connectivity index (χ0v) is 15.8. The fraction of sp³-hybridized carbons (Fsp3) is 0.333. The number of ketones is 1. The number of Topliss-reactive ketones (excluding diaryl/α,β-unsaturated/α-hetero) is 1. The maximum Gasteiger partial charge on any atom is 0.338 e. The van der Waals surface area contributed by atoms with Crippen molar-refractivity contribution in [3.63, 3.8) is 0 Å². The molecule has 1 aromatic heterocycles. The van der Waals surface area contributed by atoms with E-state index in [1.807, 2.05) is 19.1 Å². The molecule has 0 spiro atoms. The second-order valence-electron chi connectivity index (χ2n) is 6.54. The van der Waals surface area contributed by atoms with E-state index >= 15 is 0 Å². The molecule has 1 atom stereocenters. The monoisotopic (exact) mass is 365 g/mol. The van der Waals surface area contributed by atoms with E-state index in [2.05, 4.69) is 24.2 Å². The third-order valence-electron chi connectivity index (χ3n) is 4.80. The van der Waals surface area contributed by atoms with E-state index in [0.717, 1.165) is 11.9 Å². The van der Waals surface area contributed by atoms with Gasteiger partial charge in [-0.3, -0.25) is 4.79 Å². The number of aryl methyl sites for hydroxylation is 1. The maximum atomic E-state index is 12.3. The van der Waals surface area contributed by atoms with Crippen molar-refractivity contribution < 1.29 is 14.3 Å². The first-order valence-electron chi connectivity index (χ1n) is 9.17. The number of benzene rings is 2. The Morgan fingerprint density at radius 3 is 2.44 bits per heavy atom. The molecule has 1 heterocycles. The molecule has 0 radical (unpaired) electrons. The van der Waals surface area contributed by atoms with Crippen LogP contribution in [0.3, 0.4) is 0 Å². The Hall–Kier alpha value is -3.02. The minimum atomic E-state index is -0.549. The molecule has 0 saturated heterocycles. The van der Waals surface area contributed by atoms with Crippen molar-refractivity contribution in [2.24, 2.45) is 0 Å². The molecule has 0 saturated carbocycles. The van der Waals surface area contributed by atoms with Crippen molar-refractivity contribution >= 4 is 22.8 Å². The largest absolute Gasteiger partial charge is 0.454 e. The normalized spacial score (nSPS) is 12.1. The van der Waals surface area contributed by atoms with Crippen molar-refractivity contribution in [3.8, 4) is 0 Å². The van der Waals surface area contributed by atoms with Gasteiger partial charge in [0.2, 0.25) is 0 Å². The second kappa shape index (κ2) is 8.12.